The number of carbonyl (C=O) groups excluding carboxylic acids is 2. The summed E-state index contributed by atoms with van der Waals surface area (Å²) in [4.78, 5) is 26.4. The molecule has 0 spiro atoms. The quantitative estimate of drug-likeness (QED) is 0.741. The van der Waals surface area contributed by atoms with Crippen LogP contribution < -0.4 is 10.6 Å². The van der Waals surface area contributed by atoms with Gasteiger partial charge < -0.3 is 10.6 Å². The molecule has 144 valence electrons. The number of hydrogen-bond acceptors (Lipinski definition) is 3. The normalized spacial score (nSPS) is 16.6. The zero-order chi connectivity index (χ0) is 19.8. The number of amides is 2. The minimum atomic E-state index is -0.234. The Labute approximate surface area is 169 Å². The number of halogens is 1. The number of anilines is 1. The van der Waals surface area contributed by atoms with Gasteiger partial charge in [0.15, 0.2) is 0 Å². The van der Waals surface area contributed by atoms with Crippen molar-refractivity contribution in [1.82, 2.24) is 5.32 Å². The van der Waals surface area contributed by atoms with Crippen LogP contribution in [-0.4, -0.2) is 18.9 Å². The molecule has 6 heteroatoms. The molecule has 0 fully saturated rings. The first-order valence-corrected chi connectivity index (χ1v) is 10.3. The third-order valence-electron chi connectivity index (χ3n) is 5.28. The summed E-state index contributed by atoms with van der Waals surface area (Å²) < 4.78 is 0. The van der Waals surface area contributed by atoms with Crippen molar-refractivity contribution in [2.45, 2.75) is 40.0 Å². The van der Waals surface area contributed by atoms with E-state index in [-0.39, 0.29) is 17.2 Å². The largest absolute Gasteiger partial charge is 0.355 e. The Morgan fingerprint density at radius 3 is 2.41 bits per heavy atom. The van der Waals surface area contributed by atoms with E-state index in [4.69, 9.17) is 11.6 Å². The molecule has 27 heavy (non-hydrogen) atoms. The third kappa shape index (κ3) is 4.19. The van der Waals surface area contributed by atoms with E-state index in [1.807, 2.05) is 0 Å². The standard InChI is InChI=1S/C21H25ClN2O2S/c1-21(2,3)13-7-10-15-16(11-13)27-20(17(15)19(26)23-4)24-18(25)12-5-8-14(22)9-6-12/h5-6,8-9,13H,7,10-11H2,1-4H3,(H,23,26)(H,24,25)/t13-/m1/s1. The average molecular weight is 405 g/mol. The van der Waals surface area contributed by atoms with Gasteiger partial charge >= 0.3 is 0 Å². The van der Waals surface area contributed by atoms with Gasteiger partial charge in [0.05, 0.1) is 5.56 Å². The Kier molecular flexibility index (Phi) is 5.63. The van der Waals surface area contributed by atoms with Crippen LogP contribution in [0.15, 0.2) is 24.3 Å². The maximum atomic E-state index is 12.6. The van der Waals surface area contributed by atoms with Crippen molar-refractivity contribution in [3.63, 3.8) is 0 Å². The fraction of sp³-hybridized carbons (Fsp3) is 0.429. The summed E-state index contributed by atoms with van der Waals surface area (Å²) in [5.41, 5.74) is 2.45. The summed E-state index contributed by atoms with van der Waals surface area (Å²) in [7, 11) is 1.62. The van der Waals surface area contributed by atoms with Crippen LogP contribution in [0.25, 0.3) is 0 Å². The number of thiophene rings is 1. The highest BCUT2D eigenvalue weighted by atomic mass is 35.5. The predicted molar refractivity (Wildman–Crippen MR) is 112 cm³/mol. The van der Waals surface area contributed by atoms with Crippen molar-refractivity contribution in [2.75, 3.05) is 12.4 Å². The molecular formula is C21H25ClN2O2S. The average Bonchev–Trinajstić information content (AvgIpc) is 2.97. The van der Waals surface area contributed by atoms with Gasteiger partial charge in [0.1, 0.15) is 5.00 Å². The molecule has 2 N–H and O–H groups in total. The first-order valence-electron chi connectivity index (χ1n) is 9.14. The lowest BCUT2D eigenvalue weighted by Gasteiger charge is -2.33. The van der Waals surface area contributed by atoms with Crippen LogP contribution in [0.3, 0.4) is 0 Å². The molecule has 0 unspecified atom stereocenters. The predicted octanol–water partition coefficient (Wildman–Crippen LogP) is 5.16. The molecule has 1 atom stereocenters. The second-order valence-corrected chi connectivity index (χ2v) is 9.60. The van der Waals surface area contributed by atoms with Crippen LogP contribution >= 0.6 is 22.9 Å². The monoisotopic (exact) mass is 404 g/mol. The second-order valence-electron chi connectivity index (χ2n) is 8.05. The Bertz CT molecular complexity index is 866. The van der Waals surface area contributed by atoms with Gasteiger partial charge in [-0.3, -0.25) is 9.59 Å². The van der Waals surface area contributed by atoms with E-state index in [2.05, 4.69) is 31.4 Å². The number of rotatable bonds is 3. The topological polar surface area (TPSA) is 58.2 Å². The highest BCUT2D eigenvalue weighted by Gasteiger charge is 2.33. The van der Waals surface area contributed by atoms with Crippen molar-refractivity contribution in [3.05, 3.63) is 50.9 Å². The Morgan fingerprint density at radius 2 is 1.81 bits per heavy atom. The van der Waals surface area contributed by atoms with Crippen molar-refractivity contribution < 1.29 is 9.59 Å². The molecule has 1 aliphatic carbocycles. The van der Waals surface area contributed by atoms with Gasteiger partial charge in [-0.15, -0.1) is 11.3 Å². The summed E-state index contributed by atoms with van der Waals surface area (Å²) in [6.45, 7) is 6.79. The van der Waals surface area contributed by atoms with Gasteiger partial charge in [0.25, 0.3) is 11.8 Å². The smallest absolute Gasteiger partial charge is 0.256 e. The van der Waals surface area contributed by atoms with E-state index in [1.165, 1.54) is 16.2 Å². The summed E-state index contributed by atoms with van der Waals surface area (Å²) in [6, 6.07) is 6.73. The first kappa shape index (κ1) is 19.9. The van der Waals surface area contributed by atoms with Crippen LogP contribution in [0.5, 0.6) is 0 Å². The molecule has 0 saturated heterocycles. The van der Waals surface area contributed by atoms with Gasteiger partial charge in [-0.05, 0) is 60.4 Å². The third-order valence-corrected chi connectivity index (χ3v) is 6.70. The zero-order valence-electron chi connectivity index (χ0n) is 16.1. The fourth-order valence-corrected chi connectivity index (χ4v) is 5.00. The van der Waals surface area contributed by atoms with Crippen LogP contribution in [0.2, 0.25) is 5.02 Å². The highest BCUT2D eigenvalue weighted by molar-refractivity contribution is 7.17. The van der Waals surface area contributed by atoms with Crippen LogP contribution in [0.4, 0.5) is 5.00 Å². The van der Waals surface area contributed by atoms with Crippen molar-refractivity contribution in [2.24, 2.45) is 11.3 Å². The first-order chi connectivity index (χ1) is 12.7. The molecule has 0 aliphatic heterocycles. The summed E-state index contributed by atoms with van der Waals surface area (Å²) >= 11 is 7.43. The number of benzene rings is 1. The second kappa shape index (κ2) is 7.64. The Hall–Kier alpha value is -1.85. The molecule has 1 heterocycles. The lowest BCUT2D eigenvalue weighted by molar-refractivity contribution is 0.0963. The maximum Gasteiger partial charge on any atom is 0.256 e. The van der Waals surface area contributed by atoms with Crippen LogP contribution in [0.1, 0.15) is 58.3 Å². The van der Waals surface area contributed by atoms with Crippen molar-refractivity contribution in [1.29, 1.82) is 0 Å². The molecule has 2 aromatic rings. The molecule has 0 saturated carbocycles. The molecule has 1 aliphatic rings. The molecule has 0 bridgehead atoms. The van der Waals surface area contributed by atoms with E-state index in [0.29, 0.717) is 27.1 Å². The van der Waals surface area contributed by atoms with Gasteiger partial charge in [-0.25, -0.2) is 0 Å². The molecular weight excluding hydrogens is 380 g/mol. The number of fused-ring (bicyclic) bond motifs is 1. The summed E-state index contributed by atoms with van der Waals surface area (Å²) in [5, 5.41) is 6.88. The Morgan fingerprint density at radius 1 is 1.15 bits per heavy atom. The minimum absolute atomic E-state index is 0.145. The molecule has 1 aromatic carbocycles. The molecule has 2 amide bonds. The van der Waals surface area contributed by atoms with E-state index in [0.717, 1.165) is 24.8 Å². The van der Waals surface area contributed by atoms with E-state index >= 15 is 0 Å². The molecule has 1 aromatic heterocycles. The van der Waals surface area contributed by atoms with Crippen molar-refractivity contribution in [3.8, 4) is 0 Å². The van der Waals surface area contributed by atoms with Gasteiger partial charge in [-0.2, -0.15) is 0 Å². The summed E-state index contributed by atoms with van der Waals surface area (Å²) in [6.07, 6.45) is 2.87. The van der Waals surface area contributed by atoms with E-state index in [1.54, 1.807) is 31.3 Å². The number of hydrogen-bond donors (Lipinski definition) is 2. The van der Waals surface area contributed by atoms with Gasteiger partial charge in [-0.1, -0.05) is 32.4 Å². The van der Waals surface area contributed by atoms with Crippen molar-refractivity contribution >= 4 is 39.8 Å². The van der Waals surface area contributed by atoms with Crippen LogP contribution in [0, 0.1) is 11.3 Å². The van der Waals surface area contributed by atoms with Gasteiger partial charge in [0, 0.05) is 22.5 Å². The molecule has 4 nitrogen and oxygen atoms in total. The summed E-state index contributed by atoms with van der Waals surface area (Å²) in [5.74, 6) is 0.192. The highest BCUT2D eigenvalue weighted by Crippen LogP contribution is 2.44. The lowest BCUT2D eigenvalue weighted by atomic mass is 9.72. The zero-order valence-corrected chi connectivity index (χ0v) is 17.7. The molecule has 0 radical (unpaired) electrons. The van der Waals surface area contributed by atoms with E-state index in [9.17, 15) is 9.59 Å². The Balaban J connectivity index is 1.93. The number of carbonyl (C=O) groups is 2. The van der Waals surface area contributed by atoms with E-state index < -0.39 is 0 Å². The van der Waals surface area contributed by atoms with Gasteiger partial charge in [0.2, 0.25) is 0 Å². The van der Waals surface area contributed by atoms with Crippen LogP contribution in [-0.2, 0) is 12.8 Å². The minimum Gasteiger partial charge on any atom is -0.355 e. The SMILES string of the molecule is CNC(=O)c1c(NC(=O)c2ccc(Cl)cc2)sc2c1CC[C@@H](C(C)(C)C)C2. The maximum absolute atomic E-state index is 12.6. The fourth-order valence-electron chi connectivity index (χ4n) is 3.55. The molecule has 3 rings (SSSR count). The number of nitrogens with one attached hydrogen (secondary N) is 2. The lowest BCUT2D eigenvalue weighted by Crippen LogP contribution is -2.27.